The van der Waals surface area contributed by atoms with Gasteiger partial charge in [0.25, 0.3) is 15.9 Å². The van der Waals surface area contributed by atoms with E-state index in [1.165, 1.54) is 48.0 Å². The van der Waals surface area contributed by atoms with Gasteiger partial charge in [-0.1, -0.05) is 35.9 Å². The highest BCUT2D eigenvalue weighted by Gasteiger charge is 2.37. The fourth-order valence-electron chi connectivity index (χ4n) is 4.83. The zero-order valence-electron chi connectivity index (χ0n) is 21.1. The van der Waals surface area contributed by atoms with E-state index in [0.29, 0.717) is 17.3 Å². The van der Waals surface area contributed by atoms with Crippen molar-refractivity contribution in [3.8, 4) is 11.5 Å². The summed E-state index contributed by atoms with van der Waals surface area (Å²) in [6.07, 6.45) is 1.38. The maximum atomic E-state index is 13.7. The van der Waals surface area contributed by atoms with E-state index in [9.17, 15) is 13.2 Å². The van der Waals surface area contributed by atoms with Gasteiger partial charge in [-0.25, -0.2) is 8.42 Å². The van der Waals surface area contributed by atoms with E-state index >= 15 is 0 Å². The molecular formula is C28H30ClN3O5S. The highest BCUT2D eigenvalue weighted by atomic mass is 35.5. The quantitative estimate of drug-likeness (QED) is 0.448. The van der Waals surface area contributed by atoms with Crippen LogP contribution < -0.4 is 19.1 Å². The molecule has 2 aliphatic heterocycles. The fourth-order valence-corrected chi connectivity index (χ4v) is 6.46. The van der Waals surface area contributed by atoms with Crippen LogP contribution in [0.1, 0.15) is 24.0 Å². The molecule has 2 heterocycles. The number of ether oxygens (including phenoxy) is 2. The van der Waals surface area contributed by atoms with Crippen molar-refractivity contribution in [1.82, 2.24) is 10.2 Å². The van der Waals surface area contributed by atoms with Gasteiger partial charge in [-0.2, -0.15) is 0 Å². The van der Waals surface area contributed by atoms with Crippen LogP contribution in [-0.2, 0) is 27.9 Å². The highest BCUT2D eigenvalue weighted by molar-refractivity contribution is 7.92. The Morgan fingerprint density at radius 2 is 1.76 bits per heavy atom. The van der Waals surface area contributed by atoms with Gasteiger partial charge in [0.2, 0.25) is 0 Å². The summed E-state index contributed by atoms with van der Waals surface area (Å²) < 4.78 is 39.6. The van der Waals surface area contributed by atoms with Crippen LogP contribution in [0.4, 0.5) is 5.69 Å². The second-order valence-electron chi connectivity index (χ2n) is 9.40. The van der Waals surface area contributed by atoms with Gasteiger partial charge in [0.15, 0.2) is 6.10 Å². The number of nitrogens with zero attached hydrogens (tertiary/aromatic N) is 2. The summed E-state index contributed by atoms with van der Waals surface area (Å²) in [5.41, 5.74) is 2.48. The number of halogens is 1. The molecule has 0 aliphatic carbocycles. The van der Waals surface area contributed by atoms with Gasteiger partial charge < -0.3 is 14.8 Å². The molecule has 1 fully saturated rings. The van der Waals surface area contributed by atoms with Crippen molar-refractivity contribution >= 4 is 33.2 Å². The molecule has 0 aromatic heterocycles. The standard InChI is InChI=1S/C28H30ClN3O5S/c1-36-23-9-11-24(12-10-23)38(34,35)32-19-27(37-26-13-8-22(29)16-25(26)32)28(33)30-17-20-6-2-3-7-21(20)18-31-14-4-5-15-31/h2-3,6-13,16,27H,4-5,14-15,17-19H2,1H3,(H,30,33)/t27-/m0/s1. The highest BCUT2D eigenvalue weighted by Crippen LogP contribution is 2.39. The Balaban J connectivity index is 1.36. The predicted octanol–water partition coefficient (Wildman–Crippen LogP) is 4.22. The predicted molar refractivity (Wildman–Crippen MR) is 146 cm³/mol. The van der Waals surface area contributed by atoms with Crippen molar-refractivity contribution in [3.63, 3.8) is 0 Å². The van der Waals surface area contributed by atoms with E-state index in [1.807, 2.05) is 18.2 Å². The normalized spacial score (nSPS) is 17.5. The smallest absolute Gasteiger partial charge is 0.264 e. The van der Waals surface area contributed by atoms with E-state index in [4.69, 9.17) is 21.1 Å². The molecule has 200 valence electrons. The average molecular weight is 556 g/mol. The fraction of sp³-hybridized carbons (Fsp3) is 0.321. The number of carbonyl (C=O) groups is 1. The minimum Gasteiger partial charge on any atom is -0.497 e. The Morgan fingerprint density at radius 3 is 2.47 bits per heavy atom. The molecule has 3 aromatic rings. The molecule has 1 N–H and O–H groups in total. The first-order valence-electron chi connectivity index (χ1n) is 12.5. The van der Waals surface area contributed by atoms with Gasteiger partial charge in [0.05, 0.1) is 24.2 Å². The number of amides is 1. The molecule has 3 aromatic carbocycles. The van der Waals surface area contributed by atoms with Crippen molar-refractivity contribution in [1.29, 1.82) is 0 Å². The van der Waals surface area contributed by atoms with Gasteiger partial charge in [0, 0.05) is 18.1 Å². The Morgan fingerprint density at radius 1 is 1.05 bits per heavy atom. The third kappa shape index (κ3) is 5.60. The Hall–Kier alpha value is -3.27. The van der Waals surface area contributed by atoms with Crippen LogP contribution in [0.15, 0.2) is 71.6 Å². The molecule has 1 amide bonds. The maximum absolute atomic E-state index is 13.7. The largest absolute Gasteiger partial charge is 0.497 e. The van der Waals surface area contributed by atoms with Crippen molar-refractivity contribution in [3.05, 3.63) is 82.9 Å². The zero-order chi connectivity index (χ0) is 26.7. The first kappa shape index (κ1) is 26.3. The number of carbonyl (C=O) groups excluding carboxylic acids is 1. The second-order valence-corrected chi connectivity index (χ2v) is 11.7. The van der Waals surface area contributed by atoms with E-state index in [2.05, 4.69) is 16.3 Å². The SMILES string of the molecule is COc1ccc(S(=O)(=O)N2C[C@@H](C(=O)NCc3ccccc3CN3CCCC3)Oc3ccc(Cl)cc32)cc1. The summed E-state index contributed by atoms with van der Waals surface area (Å²) in [6, 6.07) is 18.9. The number of benzene rings is 3. The van der Waals surface area contributed by atoms with E-state index < -0.39 is 22.0 Å². The number of methoxy groups -OCH3 is 1. The lowest BCUT2D eigenvalue weighted by Gasteiger charge is -2.35. The molecule has 2 aliphatic rings. The first-order valence-corrected chi connectivity index (χ1v) is 14.4. The Kier molecular flexibility index (Phi) is 7.78. The van der Waals surface area contributed by atoms with Crippen LogP contribution in [0, 0.1) is 0 Å². The van der Waals surface area contributed by atoms with Crippen molar-refractivity contribution < 1.29 is 22.7 Å². The molecule has 1 atom stereocenters. The number of anilines is 1. The third-order valence-electron chi connectivity index (χ3n) is 6.89. The van der Waals surface area contributed by atoms with Crippen LogP contribution in [-0.4, -0.2) is 52.1 Å². The lowest BCUT2D eigenvalue weighted by Crippen LogP contribution is -2.50. The lowest BCUT2D eigenvalue weighted by atomic mass is 10.1. The molecule has 0 unspecified atom stereocenters. The Labute approximate surface area is 228 Å². The summed E-state index contributed by atoms with van der Waals surface area (Å²) >= 11 is 6.19. The van der Waals surface area contributed by atoms with E-state index in [0.717, 1.165) is 25.2 Å². The number of rotatable bonds is 8. The molecule has 0 spiro atoms. The van der Waals surface area contributed by atoms with Gasteiger partial charge in [-0.3, -0.25) is 14.0 Å². The summed E-state index contributed by atoms with van der Waals surface area (Å²) in [5.74, 6) is 0.417. The number of nitrogens with one attached hydrogen (secondary N) is 1. The monoisotopic (exact) mass is 555 g/mol. The molecule has 0 bridgehead atoms. The van der Waals surface area contributed by atoms with E-state index in [1.54, 1.807) is 24.3 Å². The van der Waals surface area contributed by atoms with Gasteiger partial charge >= 0.3 is 0 Å². The average Bonchev–Trinajstić information content (AvgIpc) is 3.45. The molecule has 38 heavy (non-hydrogen) atoms. The summed E-state index contributed by atoms with van der Waals surface area (Å²) in [5, 5.41) is 3.32. The lowest BCUT2D eigenvalue weighted by molar-refractivity contribution is -0.127. The molecule has 1 saturated heterocycles. The minimum absolute atomic E-state index is 0.0705. The Bertz CT molecular complexity index is 1410. The molecule has 0 radical (unpaired) electrons. The number of sulfonamides is 1. The molecular weight excluding hydrogens is 526 g/mol. The maximum Gasteiger partial charge on any atom is 0.264 e. The summed E-state index contributed by atoms with van der Waals surface area (Å²) in [4.78, 5) is 15.8. The van der Waals surface area contributed by atoms with Crippen molar-refractivity contribution in [2.45, 2.75) is 36.9 Å². The van der Waals surface area contributed by atoms with E-state index in [-0.39, 0.29) is 22.9 Å². The molecule has 10 heteroatoms. The van der Waals surface area contributed by atoms with Gasteiger partial charge in [0.1, 0.15) is 11.5 Å². The second kappa shape index (κ2) is 11.2. The van der Waals surface area contributed by atoms with Crippen LogP contribution in [0.3, 0.4) is 0 Å². The van der Waals surface area contributed by atoms with Crippen molar-refractivity contribution in [2.24, 2.45) is 0 Å². The molecule has 8 nitrogen and oxygen atoms in total. The first-order chi connectivity index (χ1) is 18.3. The molecule has 0 saturated carbocycles. The number of hydrogen-bond acceptors (Lipinski definition) is 6. The van der Waals surface area contributed by atoms with Crippen molar-refractivity contribution in [2.75, 3.05) is 31.0 Å². The van der Waals surface area contributed by atoms with Crippen LogP contribution >= 0.6 is 11.6 Å². The zero-order valence-corrected chi connectivity index (χ0v) is 22.7. The third-order valence-corrected chi connectivity index (χ3v) is 8.92. The number of likely N-dealkylation sites (tertiary alicyclic amines) is 1. The van der Waals surface area contributed by atoms with Crippen LogP contribution in [0.2, 0.25) is 5.02 Å². The van der Waals surface area contributed by atoms with Crippen LogP contribution in [0.25, 0.3) is 0 Å². The number of hydrogen-bond donors (Lipinski definition) is 1. The summed E-state index contributed by atoms with van der Waals surface area (Å²) in [7, 11) is -2.51. The van der Waals surface area contributed by atoms with Gasteiger partial charge in [-0.05, 0) is 79.5 Å². The van der Waals surface area contributed by atoms with Gasteiger partial charge in [-0.15, -0.1) is 0 Å². The molecule has 5 rings (SSSR count). The minimum atomic E-state index is -4.02. The van der Waals surface area contributed by atoms with Crippen LogP contribution in [0.5, 0.6) is 11.5 Å². The number of fused-ring (bicyclic) bond motifs is 1. The summed E-state index contributed by atoms with van der Waals surface area (Å²) in [6.45, 7) is 3.13. The topological polar surface area (TPSA) is 88.2 Å².